The van der Waals surface area contributed by atoms with E-state index in [4.69, 9.17) is 4.74 Å². The third-order valence-corrected chi connectivity index (χ3v) is 4.52. The molecule has 1 unspecified atom stereocenters. The molecule has 3 heteroatoms. The predicted molar refractivity (Wildman–Crippen MR) is 75.6 cm³/mol. The first-order valence-electron chi connectivity index (χ1n) is 5.70. The Balaban J connectivity index is 2.19. The van der Waals surface area contributed by atoms with E-state index in [1.165, 1.54) is 4.88 Å². The molecule has 92 valence electrons. The SMILES string of the molecule is CC(C)(C)C(CBr)COCCc1cccs1. The first kappa shape index (κ1) is 14.2. The summed E-state index contributed by atoms with van der Waals surface area (Å²) in [6.07, 6.45) is 1.04. The van der Waals surface area contributed by atoms with Gasteiger partial charge < -0.3 is 4.74 Å². The van der Waals surface area contributed by atoms with Gasteiger partial charge in [-0.15, -0.1) is 11.3 Å². The molecule has 0 N–H and O–H groups in total. The van der Waals surface area contributed by atoms with Gasteiger partial charge in [-0.3, -0.25) is 0 Å². The second-order valence-corrected chi connectivity index (χ2v) is 6.80. The zero-order valence-corrected chi connectivity index (χ0v) is 12.7. The highest BCUT2D eigenvalue weighted by molar-refractivity contribution is 9.09. The molecular formula is C13H21BrOS. The zero-order chi connectivity index (χ0) is 12.0. The maximum absolute atomic E-state index is 5.76. The lowest BCUT2D eigenvalue weighted by molar-refractivity contribution is 0.0688. The zero-order valence-electron chi connectivity index (χ0n) is 10.3. The molecule has 1 heterocycles. The Labute approximate surface area is 111 Å². The van der Waals surface area contributed by atoms with Crippen molar-refractivity contribution < 1.29 is 4.74 Å². The Hall–Kier alpha value is 0.140. The van der Waals surface area contributed by atoms with Crippen molar-refractivity contribution in [2.75, 3.05) is 18.5 Å². The second-order valence-electron chi connectivity index (χ2n) is 5.12. The molecule has 0 aromatic carbocycles. The molecule has 1 rings (SSSR count). The number of rotatable bonds is 6. The van der Waals surface area contributed by atoms with E-state index < -0.39 is 0 Å². The van der Waals surface area contributed by atoms with Gasteiger partial charge in [-0.1, -0.05) is 42.8 Å². The lowest BCUT2D eigenvalue weighted by atomic mass is 9.83. The molecule has 0 bridgehead atoms. The fourth-order valence-electron chi connectivity index (χ4n) is 1.38. The van der Waals surface area contributed by atoms with Crippen LogP contribution < -0.4 is 0 Å². The molecule has 0 saturated carbocycles. The molecule has 1 aromatic rings. The summed E-state index contributed by atoms with van der Waals surface area (Å²) < 4.78 is 5.76. The summed E-state index contributed by atoms with van der Waals surface area (Å²) >= 11 is 5.37. The van der Waals surface area contributed by atoms with Gasteiger partial charge in [0, 0.05) is 16.6 Å². The molecule has 0 aliphatic carbocycles. The van der Waals surface area contributed by atoms with E-state index in [0.717, 1.165) is 25.0 Å². The Morgan fingerprint density at radius 1 is 1.44 bits per heavy atom. The molecule has 0 fully saturated rings. The van der Waals surface area contributed by atoms with Gasteiger partial charge in [-0.05, 0) is 22.8 Å². The maximum atomic E-state index is 5.76. The summed E-state index contributed by atoms with van der Waals surface area (Å²) in [5.41, 5.74) is 0.312. The lowest BCUT2D eigenvalue weighted by Crippen LogP contribution is -2.26. The van der Waals surface area contributed by atoms with Crippen LogP contribution in [0.4, 0.5) is 0 Å². The minimum Gasteiger partial charge on any atom is -0.381 e. The molecule has 1 aromatic heterocycles. The normalized spacial score (nSPS) is 14.0. The van der Waals surface area contributed by atoms with Gasteiger partial charge >= 0.3 is 0 Å². The quantitative estimate of drug-likeness (QED) is 0.560. The summed E-state index contributed by atoms with van der Waals surface area (Å²) in [6.45, 7) is 8.48. The van der Waals surface area contributed by atoms with E-state index in [-0.39, 0.29) is 0 Å². The monoisotopic (exact) mass is 304 g/mol. The van der Waals surface area contributed by atoms with Crippen LogP contribution in [0.3, 0.4) is 0 Å². The first-order chi connectivity index (χ1) is 7.54. The van der Waals surface area contributed by atoms with E-state index in [0.29, 0.717) is 11.3 Å². The molecule has 1 nitrogen and oxygen atoms in total. The van der Waals surface area contributed by atoms with E-state index in [1.54, 1.807) is 11.3 Å². The van der Waals surface area contributed by atoms with Crippen LogP contribution in [-0.2, 0) is 11.2 Å². The number of alkyl halides is 1. The molecule has 0 aliphatic rings. The van der Waals surface area contributed by atoms with Crippen LogP contribution in [0.5, 0.6) is 0 Å². The summed E-state index contributed by atoms with van der Waals surface area (Å²) in [5, 5.41) is 3.13. The summed E-state index contributed by atoms with van der Waals surface area (Å²) in [7, 11) is 0. The lowest BCUT2D eigenvalue weighted by Gasteiger charge is -2.28. The highest BCUT2D eigenvalue weighted by Crippen LogP contribution is 2.27. The Bertz CT molecular complexity index is 277. The standard InChI is InChI=1S/C13H21BrOS/c1-13(2,3)11(9-14)10-15-7-6-12-5-4-8-16-12/h4-5,8,11H,6-7,9-10H2,1-3H3. The summed E-state index contributed by atoms with van der Waals surface area (Å²) in [4.78, 5) is 1.41. The van der Waals surface area contributed by atoms with Crippen LogP contribution in [0.25, 0.3) is 0 Å². The summed E-state index contributed by atoms with van der Waals surface area (Å²) in [5.74, 6) is 0.579. The van der Waals surface area contributed by atoms with E-state index in [2.05, 4.69) is 54.2 Å². The Morgan fingerprint density at radius 3 is 2.69 bits per heavy atom. The van der Waals surface area contributed by atoms with Crippen molar-refractivity contribution in [2.24, 2.45) is 11.3 Å². The van der Waals surface area contributed by atoms with Crippen molar-refractivity contribution in [3.8, 4) is 0 Å². The Kier molecular flexibility index (Phi) is 6.01. The molecule has 1 atom stereocenters. The van der Waals surface area contributed by atoms with Gasteiger partial charge in [-0.25, -0.2) is 0 Å². The van der Waals surface area contributed by atoms with Crippen LogP contribution in [0, 0.1) is 11.3 Å². The third kappa shape index (κ3) is 4.98. The van der Waals surface area contributed by atoms with Crippen LogP contribution >= 0.6 is 27.3 Å². The van der Waals surface area contributed by atoms with Crippen LogP contribution in [0.2, 0.25) is 0 Å². The number of thiophene rings is 1. The predicted octanol–water partition coefficient (Wildman–Crippen LogP) is 4.36. The number of halogens is 1. The minimum atomic E-state index is 0.312. The molecule has 0 radical (unpaired) electrons. The topological polar surface area (TPSA) is 9.23 Å². The molecule has 0 saturated heterocycles. The number of hydrogen-bond donors (Lipinski definition) is 0. The largest absolute Gasteiger partial charge is 0.381 e. The molecule has 0 spiro atoms. The third-order valence-electron chi connectivity index (χ3n) is 2.80. The molecule has 0 amide bonds. The first-order valence-corrected chi connectivity index (χ1v) is 7.70. The van der Waals surface area contributed by atoms with Crippen molar-refractivity contribution in [1.82, 2.24) is 0 Å². The Morgan fingerprint density at radius 2 is 2.19 bits per heavy atom. The maximum Gasteiger partial charge on any atom is 0.0514 e. The van der Waals surface area contributed by atoms with Crippen LogP contribution in [-0.4, -0.2) is 18.5 Å². The van der Waals surface area contributed by atoms with Gasteiger partial charge in [0.2, 0.25) is 0 Å². The number of ether oxygens (including phenoxy) is 1. The number of hydrogen-bond acceptors (Lipinski definition) is 2. The van der Waals surface area contributed by atoms with E-state index in [9.17, 15) is 0 Å². The van der Waals surface area contributed by atoms with Gasteiger partial charge in [0.15, 0.2) is 0 Å². The summed E-state index contributed by atoms with van der Waals surface area (Å²) in [6, 6.07) is 4.26. The van der Waals surface area contributed by atoms with Crippen molar-refractivity contribution in [3.63, 3.8) is 0 Å². The van der Waals surface area contributed by atoms with Crippen molar-refractivity contribution >= 4 is 27.3 Å². The average Bonchev–Trinajstić information content (AvgIpc) is 2.68. The van der Waals surface area contributed by atoms with Crippen LogP contribution in [0.15, 0.2) is 17.5 Å². The fourth-order valence-corrected chi connectivity index (χ4v) is 3.23. The van der Waals surface area contributed by atoms with E-state index >= 15 is 0 Å². The highest BCUT2D eigenvalue weighted by Gasteiger charge is 2.23. The van der Waals surface area contributed by atoms with Crippen LogP contribution in [0.1, 0.15) is 25.6 Å². The molecule has 0 aliphatic heterocycles. The smallest absolute Gasteiger partial charge is 0.0514 e. The van der Waals surface area contributed by atoms with Crippen molar-refractivity contribution in [3.05, 3.63) is 22.4 Å². The van der Waals surface area contributed by atoms with Gasteiger partial charge in [-0.2, -0.15) is 0 Å². The van der Waals surface area contributed by atoms with Crippen molar-refractivity contribution in [2.45, 2.75) is 27.2 Å². The minimum absolute atomic E-state index is 0.312. The molecule has 16 heavy (non-hydrogen) atoms. The van der Waals surface area contributed by atoms with Gasteiger partial charge in [0.05, 0.1) is 13.2 Å². The average molecular weight is 305 g/mol. The molecular weight excluding hydrogens is 284 g/mol. The fraction of sp³-hybridized carbons (Fsp3) is 0.692. The highest BCUT2D eigenvalue weighted by atomic mass is 79.9. The van der Waals surface area contributed by atoms with E-state index in [1.807, 2.05) is 0 Å². The van der Waals surface area contributed by atoms with Gasteiger partial charge in [0.1, 0.15) is 0 Å². The van der Waals surface area contributed by atoms with Gasteiger partial charge in [0.25, 0.3) is 0 Å². The van der Waals surface area contributed by atoms with Crippen molar-refractivity contribution in [1.29, 1.82) is 0 Å². The second kappa shape index (κ2) is 6.77.